The maximum absolute atomic E-state index is 14.4. The minimum Gasteiger partial charge on any atom is -0.462 e. The Bertz CT molecular complexity index is 2030. The van der Waals surface area contributed by atoms with Crippen LogP contribution in [0.4, 0.5) is 4.79 Å². The van der Waals surface area contributed by atoms with Crippen LogP contribution in [0.15, 0.2) is 71.4 Å². The van der Waals surface area contributed by atoms with Crippen molar-refractivity contribution in [1.29, 1.82) is 0 Å². The third kappa shape index (κ3) is 10.1. The lowest BCUT2D eigenvalue weighted by atomic mass is 9.71. The van der Waals surface area contributed by atoms with Gasteiger partial charge in [0.2, 0.25) is 0 Å². The highest BCUT2D eigenvalue weighted by Gasteiger charge is 2.60. The number of ether oxygens (including phenoxy) is 9. The van der Waals surface area contributed by atoms with Crippen LogP contribution < -0.4 is 10.6 Å². The lowest BCUT2D eigenvalue weighted by Gasteiger charge is -2.50. The molecule has 8 rings (SSSR count). The summed E-state index contributed by atoms with van der Waals surface area (Å²) in [6.45, 7) is 20.5. The van der Waals surface area contributed by atoms with Crippen LogP contribution in [0.25, 0.3) is 0 Å². The first-order chi connectivity index (χ1) is 32.3. The Balaban J connectivity index is 1.07. The largest absolute Gasteiger partial charge is 0.462 e. The highest BCUT2D eigenvalue weighted by atomic mass is 16.7. The lowest BCUT2D eigenvalue weighted by Crippen LogP contribution is -2.68. The Labute approximate surface area is 403 Å². The summed E-state index contributed by atoms with van der Waals surface area (Å²) >= 11 is 0. The van der Waals surface area contributed by atoms with Gasteiger partial charge in [0.15, 0.2) is 12.1 Å². The Morgan fingerprint density at radius 1 is 1.04 bits per heavy atom. The van der Waals surface area contributed by atoms with Crippen LogP contribution in [0.5, 0.6) is 0 Å². The molecule has 1 saturated carbocycles. The van der Waals surface area contributed by atoms with E-state index in [2.05, 4.69) is 57.1 Å². The first-order valence-corrected chi connectivity index (χ1v) is 25.1. The molecule has 6 aliphatic heterocycles. The first-order valence-electron chi connectivity index (χ1n) is 25.1. The third-order valence-electron chi connectivity index (χ3n) is 16.4. The number of rotatable bonds is 9. The maximum Gasteiger partial charge on any atom is 0.316 e. The van der Waals surface area contributed by atoms with Crippen LogP contribution in [-0.4, -0.2) is 139 Å². The van der Waals surface area contributed by atoms with Gasteiger partial charge in [0.25, 0.3) is 0 Å². The maximum atomic E-state index is 14.4. The molecule has 2 bridgehead atoms. The number of aliphatic hydroxyl groups excluding tert-OH is 1. The van der Waals surface area contributed by atoms with Gasteiger partial charge in [-0.15, -0.1) is 0 Å². The SMILES string of the molecule is C=C1C=C[C@]2(C[C@@H]3C[C@@H](C/C=C(\C)[C@@H](C4C[C@H](OC)[C@@H](OC5C[C@H](OC)[C@@](C)(NC(=O)NC6CC6)[C@H](C)O5)[C@H](C)O4)[C@@H](C)/C=C/C=C4\CO[C@@H]5[C@H](O)C(C)=C[C@@H](C(=O)O3)[C@]45O)O2)O[C@@H]1C(C)CC. The fourth-order valence-electron chi connectivity index (χ4n) is 11.8. The topological polar surface area (TPSA) is 182 Å². The molecule has 0 aromatic rings. The average Bonchev–Trinajstić information content (AvgIpc) is 4.05. The molecule has 2 amide bonds. The van der Waals surface area contributed by atoms with E-state index < -0.39 is 77.8 Å². The minimum absolute atomic E-state index is 0.0342. The monoisotopic (exact) mass is 951 g/mol. The van der Waals surface area contributed by atoms with E-state index in [1.165, 1.54) is 0 Å². The molecule has 3 unspecified atom stereocenters. The van der Waals surface area contributed by atoms with Gasteiger partial charge in [-0.05, 0) is 88.5 Å². The highest BCUT2D eigenvalue weighted by Crippen LogP contribution is 2.48. The number of hydrogen-bond acceptors (Lipinski definition) is 13. The Hall–Kier alpha value is -3.22. The summed E-state index contributed by atoms with van der Waals surface area (Å²) in [5.74, 6) is -2.93. The molecule has 5 fully saturated rings. The molecular weight excluding hydrogens is 873 g/mol. The van der Waals surface area contributed by atoms with Crippen molar-refractivity contribution >= 4 is 12.0 Å². The molecular formula is C53H78N2O13. The van der Waals surface area contributed by atoms with Gasteiger partial charge in [-0.25, -0.2) is 4.79 Å². The van der Waals surface area contributed by atoms with Crippen molar-refractivity contribution in [3.8, 4) is 0 Å². The van der Waals surface area contributed by atoms with Gasteiger partial charge in [-0.2, -0.15) is 0 Å². The zero-order chi connectivity index (χ0) is 48.9. The van der Waals surface area contributed by atoms with E-state index in [4.69, 9.17) is 42.6 Å². The fraction of sp³-hybridized carbons (Fsp3) is 0.736. The average molecular weight is 951 g/mol. The van der Waals surface area contributed by atoms with Crippen molar-refractivity contribution in [2.24, 2.45) is 23.7 Å². The predicted octanol–water partition coefficient (Wildman–Crippen LogP) is 6.43. The van der Waals surface area contributed by atoms with Crippen LogP contribution in [0, 0.1) is 23.7 Å². The molecule has 8 aliphatic rings. The number of methoxy groups -OCH3 is 2. The van der Waals surface area contributed by atoms with Crippen molar-refractivity contribution < 1.29 is 62.4 Å². The number of fused-ring (bicyclic) bond motifs is 2. The molecule has 19 atom stereocenters. The molecule has 4 N–H and O–H groups in total. The summed E-state index contributed by atoms with van der Waals surface area (Å²) in [7, 11) is 3.35. The number of esters is 1. The molecule has 0 aromatic carbocycles. The van der Waals surface area contributed by atoms with E-state index in [0.29, 0.717) is 36.8 Å². The van der Waals surface area contributed by atoms with Crippen LogP contribution in [0.1, 0.15) is 107 Å². The van der Waals surface area contributed by atoms with E-state index in [-0.39, 0.29) is 67.3 Å². The molecule has 0 radical (unpaired) electrons. The van der Waals surface area contributed by atoms with Crippen LogP contribution in [0.3, 0.4) is 0 Å². The summed E-state index contributed by atoms with van der Waals surface area (Å²) in [5, 5.41) is 30.0. The summed E-state index contributed by atoms with van der Waals surface area (Å²) in [5.41, 5.74) is 0.346. The quantitative estimate of drug-likeness (QED) is 0.147. The summed E-state index contributed by atoms with van der Waals surface area (Å²) in [6.07, 6.45) is 12.1. The van der Waals surface area contributed by atoms with E-state index >= 15 is 0 Å². The van der Waals surface area contributed by atoms with Gasteiger partial charge < -0.3 is 63.5 Å². The normalized spacial score (nSPS) is 46.8. The first kappa shape index (κ1) is 51.1. The molecule has 4 saturated heterocycles. The second-order valence-electron chi connectivity index (χ2n) is 21.2. The minimum atomic E-state index is -1.84. The van der Waals surface area contributed by atoms with E-state index in [9.17, 15) is 19.8 Å². The molecule has 0 aromatic heterocycles. The Kier molecular flexibility index (Phi) is 15.4. The van der Waals surface area contributed by atoms with Crippen molar-refractivity contribution in [2.45, 2.75) is 203 Å². The third-order valence-corrected chi connectivity index (χ3v) is 16.4. The van der Waals surface area contributed by atoms with E-state index in [1.807, 2.05) is 45.1 Å². The zero-order valence-electron chi connectivity index (χ0n) is 41.8. The summed E-state index contributed by atoms with van der Waals surface area (Å²) < 4.78 is 58.8. The number of amides is 2. The molecule has 2 aliphatic carbocycles. The van der Waals surface area contributed by atoms with Gasteiger partial charge in [0.05, 0.1) is 54.9 Å². The molecule has 68 heavy (non-hydrogen) atoms. The zero-order valence-corrected chi connectivity index (χ0v) is 41.8. The van der Waals surface area contributed by atoms with E-state index in [1.54, 1.807) is 27.2 Å². The second kappa shape index (κ2) is 20.5. The summed E-state index contributed by atoms with van der Waals surface area (Å²) in [4.78, 5) is 27.3. The molecule has 15 nitrogen and oxygen atoms in total. The number of hydrogen-bond donors (Lipinski definition) is 4. The van der Waals surface area contributed by atoms with Gasteiger partial charge in [-0.1, -0.05) is 75.8 Å². The van der Waals surface area contributed by atoms with Crippen molar-refractivity contribution in [2.75, 3.05) is 20.8 Å². The Morgan fingerprint density at radius 2 is 1.81 bits per heavy atom. The number of carbonyl (C=O) groups is 2. The highest BCUT2D eigenvalue weighted by molar-refractivity contribution is 5.78. The Morgan fingerprint density at radius 3 is 2.51 bits per heavy atom. The van der Waals surface area contributed by atoms with Crippen LogP contribution in [0.2, 0.25) is 0 Å². The van der Waals surface area contributed by atoms with Gasteiger partial charge in [0, 0.05) is 51.9 Å². The van der Waals surface area contributed by atoms with Crippen molar-refractivity contribution in [3.05, 3.63) is 71.4 Å². The van der Waals surface area contributed by atoms with Crippen molar-refractivity contribution in [3.63, 3.8) is 0 Å². The van der Waals surface area contributed by atoms with Crippen LogP contribution in [-0.2, 0) is 47.4 Å². The fourth-order valence-corrected chi connectivity index (χ4v) is 11.8. The smallest absolute Gasteiger partial charge is 0.316 e. The predicted molar refractivity (Wildman–Crippen MR) is 253 cm³/mol. The van der Waals surface area contributed by atoms with Gasteiger partial charge in [0.1, 0.15) is 35.9 Å². The van der Waals surface area contributed by atoms with Crippen molar-refractivity contribution in [1.82, 2.24) is 10.6 Å². The number of aliphatic hydroxyl groups is 2. The molecule has 378 valence electrons. The molecule has 1 spiro atoms. The van der Waals surface area contributed by atoms with E-state index in [0.717, 1.165) is 30.4 Å². The molecule has 15 heteroatoms. The van der Waals surface area contributed by atoms with Gasteiger partial charge in [-0.3, -0.25) is 4.79 Å². The molecule has 6 heterocycles. The number of carbonyl (C=O) groups excluding carboxylic acids is 2. The standard InChI is InChI=1S/C53H78N2O13/c1-12-28(2)46-31(5)20-21-52(68-46)26-38-23-37(67-52)19-16-30(4)44(29(3)14-13-15-35-27-62-48-45(56)32(6)22-39(49(57)65-38)53(35,48)59)40-24-41(60-10)47(33(7)63-40)66-43-25-42(61-11)51(9,34(8)64-43)55-50(58)54-36-17-18-36/h13-16,20-22,28-29,33-34,36-48,56,59H,5,12,17-19,23-27H2,1-4,6-11H3,(H2,54,55,58)/b14-13+,30-16+,35-15+/t28?,29-,33-,34-,37+,38-,39-,40?,41-,42-,43?,44-,45+,46+,47-,48+,51-,52+,53+/m0/s1. The lowest BCUT2D eigenvalue weighted by molar-refractivity contribution is -0.295. The second-order valence-corrected chi connectivity index (χ2v) is 21.2. The number of nitrogens with one attached hydrogen (secondary N) is 2. The number of allylic oxidation sites excluding steroid dienone is 3. The summed E-state index contributed by atoms with van der Waals surface area (Å²) in [6, 6.07) is -0.0160. The van der Waals surface area contributed by atoms with Crippen LogP contribution >= 0.6 is 0 Å². The number of urea groups is 1. The van der Waals surface area contributed by atoms with Gasteiger partial charge >= 0.3 is 12.0 Å².